The van der Waals surface area contributed by atoms with Gasteiger partial charge in [0.2, 0.25) is 11.8 Å². The largest absolute Gasteiger partial charge is 0.507 e. The molecule has 0 unspecified atom stereocenters. The van der Waals surface area contributed by atoms with Crippen LogP contribution in [0.5, 0.6) is 5.75 Å². The third-order valence-corrected chi connectivity index (χ3v) is 7.48. The number of carbonyl (C=O) groups is 3. The Kier molecular flexibility index (Phi) is 6.94. The van der Waals surface area contributed by atoms with Gasteiger partial charge in [0.25, 0.3) is 0 Å². The standard InChI is InChI=1S/C27H33NO6/c1-5-16(12-17-8-6-7-9-21(17)29)10-11-22-23-18(15(2)3)13-19-24(20(23)14-34-22)26(31)28(25(19)30)27(32)33-4/h6-9,12,15,19-20,22,24,29H,5,10-11,13-14H2,1-4H3/b16-12+/t19-,20+,22-,24-/m1/s1. The molecule has 7 heteroatoms. The second-order valence-corrected chi connectivity index (χ2v) is 9.64. The molecule has 2 saturated heterocycles. The normalized spacial score (nSPS) is 26.9. The number of ether oxygens (including phenoxy) is 2. The fourth-order valence-electron chi connectivity index (χ4n) is 5.73. The van der Waals surface area contributed by atoms with Crippen molar-refractivity contribution >= 4 is 24.0 Å². The second kappa shape index (κ2) is 9.74. The molecule has 34 heavy (non-hydrogen) atoms. The van der Waals surface area contributed by atoms with Crippen LogP contribution >= 0.6 is 0 Å². The molecule has 182 valence electrons. The topological polar surface area (TPSA) is 93.1 Å². The lowest BCUT2D eigenvalue weighted by molar-refractivity contribution is -0.137. The van der Waals surface area contributed by atoms with Crippen molar-refractivity contribution in [1.82, 2.24) is 4.90 Å². The summed E-state index contributed by atoms with van der Waals surface area (Å²) in [6.07, 6.45) is 3.88. The fourth-order valence-corrected chi connectivity index (χ4v) is 5.73. The third kappa shape index (κ3) is 4.17. The van der Waals surface area contributed by atoms with Crippen molar-refractivity contribution in [2.75, 3.05) is 13.7 Å². The van der Waals surface area contributed by atoms with Crippen LogP contribution < -0.4 is 0 Å². The first-order chi connectivity index (χ1) is 16.3. The number of amides is 3. The summed E-state index contributed by atoms with van der Waals surface area (Å²) in [5.74, 6) is -1.76. The van der Waals surface area contributed by atoms with Gasteiger partial charge in [0.1, 0.15) is 5.75 Å². The molecule has 1 aromatic rings. The lowest BCUT2D eigenvalue weighted by Crippen LogP contribution is -2.38. The molecular weight excluding hydrogens is 434 g/mol. The zero-order valence-electron chi connectivity index (χ0n) is 20.2. The monoisotopic (exact) mass is 467 g/mol. The summed E-state index contributed by atoms with van der Waals surface area (Å²) >= 11 is 0. The summed E-state index contributed by atoms with van der Waals surface area (Å²) in [6.45, 7) is 6.67. The van der Waals surface area contributed by atoms with Crippen molar-refractivity contribution in [2.24, 2.45) is 23.7 Å². The highest BCUT2D eigenvalue weighted by molar-refractivity contribution is 6.16. The molecule has 0 saturated carbocycles. The van der Waals surface area contributed by atoms with Crippen LogP contribution in [0.3, 0.4) is 0 Å². The minimum Gasteiger partial charge on any atom is -0.507 e. The Balaban J connectivity index is 1.58. The molecule has 3 aliphatic rings. The van der Waals surface area contributed by atoms with Gasteiger partial charge >= 0.3 is 6.09 Å². The Hall–Kier alpha value is -2.93. The van der Waals surface area contributed by atoms with Crippen LogP contribution in [0.25, 0.3) is 6.08 Å². The molecule has 1 aromatic carbocycles. The predicted octanol–water partition coefficient (Wildman–Crippen LogP) is 4.70. The van der Waals surface area contributed by atoms with E-state index in [2.05, 4.69) is 20.8 Å². The molecule has 0 spiro atoms. The SMILES string of the molecule is CC/C(=C\c1ccccc1O)CC[C@H]1OC[C@H]2C1=C(C(C)C)C[C@H]1C(=O)N(C(=O)OC)C(=O)[C@H]12. The first kappa shape index (κ1) is 24.2. The number of likely N-dealkylation sites (tertiary alicyclic amines) is 1. The maximum absolute atomic E-state index is 13.1. The van der Waals surface area contributed by atoms with Crippen molar-refractivity contribution in [1.29, 1.82) is 0 Å². The number of rotatable bonds is 6. The molecule has 4 atom stereocenters. The zero-order valence-corrected chi connectivity index (χ0v) is 20.2. The van der Waals surface area contributed by atoms with Gasteiger partial charge in [-0.05, 0) is 43.2 Å². The minimum atomic E-state index is -0.908. The highest BCUT2D eigenvalue weighted by Gasteiger charge is 2.59. The maximum atomic E-state index is 13.1. The number of phenols is 1. The molecule has 0 radical (unpaired) electrons. The van der Waals surface area contributed by atoms with Gasteiger partial charge in [-0.2, -0.15) is 4.90 Å². The number of allylic oxidation sites excluding steroid dienone is 2. The first-order valence-corrected chi connectivity index (χ1v) is 12.1. The number of aromatic hydroxyl groups is 1. The molecule has 1 N–H and O–H groups in total. The van der Waals surface area contributed by atoms with E-state index in [0.717, 1.165) is 30.4 Å². The van der Waals surface area contributed by atoms with E-state index >= 15 is 0 Å². The predicted molar refractivity (Wildman–Crippen MR) is 127 cm³/mol. The van der Waals surface area contributed by atoms with Gasteiger partial charge in [0.15, 0.2) is 0 Å². The van der Waals surface area contributed by atoms with Gasteiger partial charge in [-0.25, -0.2) is 4.79 Å². The van der Waals surface area contributed by atoms with Gasteiger partial charge in [0.05, 0.1) is 31.7 Å². The molecule has 0 bridgehead atoms. The van der Waals surface area contributed by atoms with Crippen LogP contribution in [-0.2, 0) is 19.1 Å². The maximum Gasteiger partial charge on any atom is 0.423 e. The first-order valence-electron chi connectivity index (χ1n) is 12.1. The summed E-state index contributed by atoms with van der Waals surface area (Å²) in [7, 11) is 1.18. The number of carbonyl (C=O) groups excluding carboxylic acids is 3. The van der Waals surface area contributed by atoms with Gasteiger partial charge in [-0.15, -0.1) is 0 Å². The quantitative estimate of drug-likeness (QED) is 0.481. The van der Waals surface area contributed by atoms with E-state index in [9.17, 15) is 19.5 Å². The summed E-state index contributed by atoms with van der Waals surface area (Å²) in [5, 5.41) is 10.1. The van der Waals surface area contributed by atoms with Crippen molar-refractivity contribution in [3.8, 4) is 5.75 Å². The average Bonchev–Trinajstić information content (AvgIpc) is 3.35. The van der Waals surface area contributed by atoms with E-state index in [0.29, 0.717) is 17.9 Å². The van der Waals surface area contributed by atoms with Crippen LogP contribution in [0.1, 0.15) is 52.0 Å². The summed E-state index contributed by atoms with van der Waals surface area (Å²) in [6, 6.07) is 7.28. The fraction of sp³-hybridized carbons (Fsp3) is 0.519. The number of hydrogen-bond donors (Lipinski definition) is 1. The van der Waals surface area contributed by atoms with E-state index in [1.807, 2.05) is 18.2 Å². The summed E-state index contributed by atoms with van der Waals surface area (Å²) < 4.78 is 10.9. The van der Waals surface area contributed by atoms with Crippen LogP contribution in [0.15, 0.2) is 41.0 Å². The smallest absolute Gasteiger partial charge is 0.423 e. The Morgan fingerprint density at radius 3 is 2.62 bits per heavy atom. The van der Waals surface area contributed by atoms with Crippen LogP contribution in [0.2, 0.25) is 0 Å². The number of benzene rings is 1. The molecule has 0 aromatic heterocycles. The van der Waals surface area contributed by atoms with Gasteiger partial charge < -0.3 is 14.6 Å². The van der Waals surface area contributed by atoms with Gasteiger partial charge in [-0.1, -0.05) is 56.2 Å². The number of phenolic OH excluding ortho intramolecular Hbond substituents is 1. The number of nitrogens with zero attached hydrogens (tertiary/aromatic N) is 1. The van der Waals surface area contributed by atoms with Crippen LogP contribution in [-0.4, -0.2) is 47.7 Å². The molecular formula is C27H33NO6. The molecule has 7 nitrogen and oxygen atoms in total. The Bertz CT molecular complexity index is 1050. The van der Waals surface area contributed by atoms with E-state index in [1.165, 1.54) is 18.3 Å². The Labute approximate surface area is 200 Å². The number of hydrogen-bond acceptors (Lipinski definition) is 6. The zero-order chi connectivity index (χ0) is 24.6. The molecule has 4 rings (SSSR count). The van der Waals surface area contributed by atoms with Crippen molar-refractivity contribution in [3.05, 3.63) is 46.5 Å². The van der Waals surface area contributed by atoms with E-state index in [4.69, 9.17) is 9.47 Å². The van der Waals surface area contributed by atoms with Crippen molar-refractivity contribution in [2.45, 2.75) is 52.6 Å². The van der Waals surface area contributed by atoms with Crippen molar-refractivity contribution < 1.29 is 29.0 Å². The molecule has 1 aliphatic carbocycles. The third-order valence-electron chi connectivity index (χ3n) is 7.48. The Morgan fingerprint density at radius 2 is 1.97 bits per heavy atom. The molecule has 2 fully saturated rings. The highest BCUT2D eigenvalue weighted by Crippen LogP contribution is 2.51. The van der Waals surface area contributed by atoms with E-state index in [1.54, 1.807) is 12.1 Å². The van der Waals surface area contributed by atoms with Gasteiger partial charge in [-0.3, -0.25) is 9.59 Å². The van der Waals surface area contributed by atoms with E-state index in [-0.39, 0.29) is 23.7 Å². The van der Waals surface area contributed by atoms with Gasteiger partial charge in [0, 0.05) is 11.5 Å². The number of para-hydroxylation sites is 1. The summed E-state index contributed by atoms with van der Waals surface area (Å²) in [4.78, 5) is 38.9. The lowest BCUT2D eigenvalue weighted by Gasteiger charge is -2.33. The molecule has 2 heterocycles. The van der Waals surface area contributed by atoms with Crippen molar-refractivity contribution in [3.63, 3.8) is 0 Å². The Morgan fingerprint density at radius 1 is 1.24 bits per heavy atom. The minimum absolute atomic E-state index is 0.127. The lowest BCUT2D eigenvalue weighted by atomic mass is 9.67. The number of imide groups is 3. The van der Waals surface area contributed by atoms with Crippen LogP contribution in [0.4, 0.5) is 4.79 Å². The molecule has 3 amide bonds. The number of fused-ring (bicyclic) bond motifs is 3. The second-order valence-electron chi connectivity index (χ2n) is 9.64. The average molecular weight is 468 g/mol. The van der Waals surface area contributed by atoms with Crippen LogP contribution in [0, 0.1) is 23.7 Å². The number of methoxy groups -OCH3 is 1. The highest BCUT2D eigenvalue weighted by atomic mass is 16.5. The van der Waals surface area contributed by atoms with E-state index < -0.39 is 29.7 Å². The summed E-state index contributed by atoms with van der Waals surface area (Å²) in [5.41, 5.74) is 4.31. The molecule has 2 aliphatic heterocycles.